The Kier molecular flexibility index (Phi) is 5.37. The molecule has 0 aliphatic heterocycles. The number of hydrogen-bond donors (Lipinski definition) is 1. The number of carbonyl (C=O) groups is 1. The maximum atomic E-state index is 10.5. The smallest absolute Gasteiger partial charge is 0.331 e. The summed E-state index contributed by atoms with van der Waals surface area (Å²) in [6.45, 7) is 2.70. The van der Waals surface area contributed by atoms with E-state index in [1.807, 2.05) is 14.1 Å². The molecule has 1 N–H and O–H groups in total. The van der Waals surface area contributed by atoms with Crippen LogP contribution in [0, 0.1) is 0 Å². The molecule has 3 heteroatoms. The third-order valence-corrected chi connectivity index (χ3v) is 1.67. The van der Waals surface area contributed by atoms with Crippen molar-refractivity contribution in [2.75, 3.05) is 20.6 Å². The highest BCUT2D eigenvalue weighted by Crippen LogP contribution is 2.04. The normalized spacial score (nSPS) is 12.2. The molecule has 12 heavy (non-hydrogen) atoms. The predicted octanol–water partition coefficient (Wildman–Crippen LogP) is 1.36. The lowest BCUT2D eigenvalue weighted by molar-refractivity contribution is -0.132. The Balaban J connectivity index is 3.68. The molecule has 0 heterocycles. The Labute approximate surface area is 73.7 Å². The standard InChI is InChI=1S/C9H17NO2/c1-4-8(9(11)12)6-5-7-10(2)3/h4H,5-7H2,1-3H3,(H,11,12). The first-order valence-electron chi connectivity index (χ1n) is 4.11. The molecule has 0 rings (SSSR count). The highest BCUT2D eigenvalue weighted by atomic mass is 16.4. The van der Waals surface area contributed by atoms with Gasteiger partial charge in [0.2, 0.25) is 0 Å². The van der Waals surface area contributed by atoms with Gasteiger partial charge in [-0.25, -0.2) is 4.79 Å². The number of rotatable bonds is 5. The van der Waals surface area contributed by atoms with Crippen LogP contribution in [0.2, 0.25) is 0 Å². The molecule has 0 radical (unpaired) electrons. The summed E-state index contributed by atoms with van der Waals surface area (Å²) < 4.78 is 0. The highest BCUT2D eigenvalue weighted by molar-refractivity contribution is 5.86. The summed E-state index contributed by atoms with van der Waals surface area (Å²) in [4.78, 5) is 12.6. The minimum absolute atomic E-state index is 0.511. The Morgan fingerprint density at radius 1 is 1.50 bits per heavy atom. The van der Waals surface area contributed by atoms with Crippen LogP contribution in [-0.2, 0) is 4.79 Å². The van der Waals surface area contributed by atoms with Crippen LogP contribution in [-0.4, -0.2) is 36.6 Å². The maximum absolute atomic E-state index is 10.5. The molecule has 0 aliphatic rings. The highest BCUT2D eigenvalue weighted by Gasteiger charge is 2.04. The van der Waals surface area contributed by atoms with E-state index in [1.54, 1.807) is 13.0 Å². The van der Waals surface area contributed by atoms with Crippen molar-refractivity contribution in [3.8, 4) is 0 Å². The van der Waals surface area contributed by atoms with E-state index in [4.69, 9.17) is 5.11 Å². The minimum Gasteiger partial charge on any atom is -0.478 e. The number of nitrogens with zero attached hydrogens (tertiary/aromatic N) is 1. The van der Waals surface area contributed by atoms with Gasteiger partial charge in [0.15, 0.2) is 0 Å². The second kappa shape index (κ2) is 5.77. The fourth-order valence-corrected chi connectivity index (χ4v) is 0.960. The van der Waals surface area contributed by atoms with Crippen molar-refractivity contribution in [3.63, 3.8) is 0 Å². The summed E-state index contributed by atoms with van der Waals surface area (Å²) in [5.41, 5.74) is 0.511. The van der Waals surface area contributed by atoms with Crippen molar-refractivity contribution < 1.29 is 9.90 Å². The first kappa shape index (κ1) is 11.2. The Hall–Kier alpha value is -0.830. The average molecular weight is 171 g/mol. The van der Waals surface area contributed by atoms with Gasteiger partial charge < -0.3 is 10.0 Å². The van der Waals surface area contributed by atoms with Crippen LogP contribution in [0.3, 0.4) is 0 Å². The molecule has 0 saturated carbocycles. The number of hydrogen-bond acceptors (Lipinski definition) is 2. The fourth-order valence-electron chi connectivity index (χ4n) is 0.960. The molecule has 0 saturated heterocycles. The third-order valence-electron chi connectivity index (χ3n) is 1.67. The van der Waals surface area contributed by atoms with Gasteiger partial charge in [-0.3, -0.25) is 0 Å². The largest absolute Gasteiger partial charge is 0.478 e. The van der Waals surface area contributed by atoms with E-state index in [0.29, 0.717) is 12.0 Å². The van der Waals surface area contributed by atoms with Crippen molar-refractivity contribution in [1.29, 1.82) is 0 Å². The van der Waals surface area contributed by atoms with Crippen LogP contribution < -0.4 is 0 Å². The van der Waals surface area contributed by atoms with Crippen molar-refractivity contribution >= 4 is 5.97 Å². The Bertz CT molecular complexity index is 173. The van der Waals surface area contributed by atoms with E-state index in [2.05, 4.69) is 4.90 Å². The van der Waals surface area contributed by atoms with Crippen molar-refractivity contribution in [2.45, 2.75) is 19.8 Å². The van der Waals surface area contributed by atoms with Gasteiger partial charge in [0.1, 0.15) is 0 Å². The summed E-state index contributed by atoms with van der Waals surface area (Å²) in [6.07, 6.45) is 3.22. The summed E-state index contributed by atoms with van der Waals surface area (Å²) >= 11 is 0. The zero-order valence-electron chi connectivity index (χ0n) is 8.00. The van der Waals surface area contributed by atoms with E-state index >= 15 is 0 Å². The fraction of sp³-hybridized carbons (Fsp3) is 0.667. The van der Waals surface area contributed by atoms with Gasteiger partial charge in [0, 0.05) is 5.57 Å². The molecule has 0 amide bonds. The van der Waals surface area contributed by atoms with Gasteiger partial charge in [-0.1, -0.05) is 6.08 Å². The zero-order valence-corrected chi connectivity index (χ0v) is 8.00. The van der Waals surface area contributed by atoms with E-state index in [0.717, 1.165) is 13.0 Å². The molecule has 0 aliphatic carbocycles. The summed E-state index contributed by atoms with van der Waals surface area (Å²) in [5.74, 6) is -0.795. The Morgan fingerprint density at radius 3 is 2.42 bits per heavy atom. The second-order valence-corrected chi connectivity index (χ2v) is 3.03. The summed E-state index contributed by atoms with van der Waals surface area (Å²) in [7, 11) is 3.96. The average Bonchev–Trinajstić information content (AvgIpc) is 1.96. The van der Waals surface area contributed by atoms with Crippen molar-refractivity contribution in [3.05, 3.63) is 11.6 Å². The summed E-state index contributed by atoms with van der Waals surface area (Å²) in [5, 5.41) is 8.66. The SMILES string of the molecule is CC=C(CCCN(C)C)C(=O)O. The number of allylic oxidation sites excluding steroid dienone is 1. The van der Waals surface area contributed by atoms with E-state index in [-0.39, 0.29) is 0 Å². The van der Waals surface area contributed by atoms with Gasteiger partial charge in [0.25, 0.3) is 0 Å². The van der Waals surface area contributed by atoms with Crippen LogP contribution in [0.4, 0.5) is 0 Å². The van der Waals surface area contributed by atoms with Crippen molar-refractivity contribution in [2.24, 2.45) is 0 Å². The molecule has 0 atom stereocenters. The topological polar surface area (TPSA) is 40.5 Å². The van der Waals surface area contributed by atoms with Crippen LogP contribution in [0.5, 0.6) is 0 Å². The van der Waals surface area contributed by atoms with Crippen LogP contribution >= 0.6 is 0 Å². The van der Waals surface area contributed by atoms with Gasteiger partial charge in [-0.2, -0.15) is 0 Å². The number of aliphatic carboxylic acids is 1. The summed E-state index contributed by atoms with van der Waals surface area (Å²) in [6, 6.07) is 0. The molecule has 0 aromatic heterocycles. The molecule has 0 bridgehead atoms. The predicted molar refractivity (Wildman–Crippen MR) is 49.2 cm³/mol. The van der Waals surface area contributed by atoms with Gasteiger partial charge in [0.05, 0.1) is 0 Å². The lowest BCUT2D eigenvalue weighted by atomic mass is 10.1. The van der Waals surface area contributed by atoms with E-state index in [9.17, 15) is 4.79 Å². The maximum Gasteiger partial charge on any atom is 0.331 e. The lowest BCUT2D eigenvalue weighted by Crippen LogP contribution is -2.13. The molecule has 0 spiro atoms. The lowest BCUT2D eigenvalue weighted by Gasteiger charge is -2.08. The van der Waals surface area contributed by atoms with Crippen LogP contribution in [0.25, 0.3) is 0 Å². The van der Waals surface area contributed by atoms with Crippen LogP contribution in [0.15, 0.2) is 11.6 Å². The van der Waals surface area contributed by atoms with Gasteiger partial charge >= 0.3 is 5.97 Å². The first-order valence-corrected chi connectivity index (χ1v) is 4.11. The molecule has 0 unspecified atom stereocenters. The first-order chi connectivity index (χ1) is 5.57. The minimum atomic E-state index is -0.795. The quantitative estimate of drug-likeness (QED) is 0.635. The third kappa shape index (κ3) is 4.91. The molecular weight excluding hydrogens is 154 g/mol. The Morgan fingerprint density at radius 2 is 2.08 bits per heavy atom. The molecule has 0 aromatic carbocycles. The van der Waals surface area contributed by atoms with E-state index in [1.165, 1.54) is 0 Å². The van der Waals surface area contributed by atoms with Gasteiger partial charge in [-0.15, -0.1) is 0 Å². The van der Waals surface area contributed by atoms with E-state index < -0.39 is 5.97 Å². The molecule has 70 valence electrons. The van der Waals surface area contributed by atoms with Gasteiger partial charge in [-0.05, 0) is 40.4 Å². The molecular formula is C9H17NO2. The number of carboxylic acids is 1. The molecule has 0 fully saturated rings. The van der Waals surface area contributed by atoms with Crippen molar-refractivity contribution in [1.82, 2.24) is 4.90 Å². The number of carboxylic acid groups (broad SMARTS) is 1. The zero-order chi connectivity index (χ0) is 9.56. The van der Waals surface area contributed by atoms with Crippen LogP contribution in [0.1, 0.15) is 19.8 Å². The molecule has 3 nitrogen and oxygen atoms in total. The molecule has 0 aromatic rings. The second-order valence-electron chi connectivity index (χ2n) is 3.03. The monoisotopic (exact) mass is 171 g/mol.